The monoisotopic (exact) mass is 281 g/mol. The summed E-state index contributed by atoms with van der Waals surface area (Å²) in [5.41, 5.74) is 6.69. The van der Waals surface area contributed by atoms with Crippen LogP contribution >= 0.6 is 15.9 Å². The maximum atomic E-state index is 5.80. The van der Waals surface area contributed by atoms with E-state index in [2.05, 4.69) is 25.9 Å². The molecule has 16 heavy (non-hydrogen) atoms. The van der Waals surface area contributed by atoms with Crippen LogP contribution in [0.5, 0.6) is 0 Å². The van der Waals surface area contributed by atoms with E-state index in [9.17, 15) is 0 Å². The van der Waals surface area contributed by atoms with Crippen molar-refractivity contribution >= 4 is 21.7 Å². The second-order valence-electron chi connectivity index (χ2n) is 3.46. The maximum Gasteiger partial charge on any atom is 0.197 e. The summed E-state index contributed by atoms with van der Waals surface area (Å²) >= 11 is 3.37. The Morgan fingerprint density at radius 3 is 2.69 bits per heavy atom. The van der Waals surface area contributed by atoms with Crippen molar-refractivity contribution in [3.63, 3.8) is 0 Å². The van der Waals surface area contributed by atoms with Gasteiger partial charge in [-0.2, -0.15) is 0 Å². The fraction of sp³-hybridized carbons (Fsp3) is 0.273. The summed E-state index contributed by atoms with van der Waals surface area (Å²) in [4.78, 5) is 8.59. The van der Waals surface area contributed by atoms with Gasteiger partial charge in [0.05, 0.1) is 10.2 Å². The zero-order chi connectivity index (χ0) is 11.7. The molecule has 2 aromatic heterocycles. The third-order valence-corrected chi connectivity index (χ3v) is 3.11. The SMILES string of the molecule is CCc1nc(-c2ccc(C)o2)nc(N)c1Br. The van der Waals surface area contributed by atoms with E-state index in [-0.39, 0.29) is 0 Å². The summed E-state index contributed by atoms with van der Waals surface area (Å²) in [6, 6.07) is 3.72. The van der Waals surface area contributed by atoms with Crippen LogP contribution in [0, 0.1) is 6.92 Å². The Labute approximate surface area is 102 Å². The average Bonchev–Trinajstić information content (AvgIpc) is 2.69. The Bertz CT molecular complexity index is 522. The summed E-state index contributed by atoms with van der Waals surface area (Å²) in [7, 11) is 0. The molecule has 2 aromatic rings. The van der Waals surface area contributed by atoms with Gasteiger partial charge in [-0.1, -0.05) is 6.92 Å². The van der Waals surface area contributed by atoms with Crippen molar-refractivity contribution in [1.82, 2.24) is 9.97 Å². The first-order chi connectivity index (χ1) is 7.61. The van der Waals surface area contributed by atoms with Crippen LogP contribution in [0.2, 0.25) is 0 Å². The molecule has 0 radical (unpaired) electrons. The Balaban J connectivity index is 2.54. The van der Waals surface area contributed by atoms with Gasteiger partial charge in [0.25, 0.3) is 0 Å². The molecule has 4 nitrogen and oxygen atoms in total. The van der Waals surface area contributed by atoms with Crippen LogP contribution in [0.15, 0.2) is 21.0 Å². The van der Waals surface area contributed by atoms with E-state index in [0.717, 1.165) is 22.3 Å². The molecule has 0 amide bonds. The van der Waals surface area contributed by atoms with Gasteiger partial charge in [-0.3, -0.25) is 0 Å². The van der Waals surface area contributed by atoms with Gasteiger partial charge in [0.2, 0.25) is 0 Å². The highest BCUT2D eigenvalue weighted by Crippen LogP contribution is 2.26. The number of aryl methyl sites for hydroxylation is 2. The first-order valence-corrected chi connectivity index (χ1v) is 5.79. The number of halogens is 1. The smallest absolute Gasteiger partial charge is 0.197 e. The van der Waals surface area contributed by atoms with Crippen LogP contribution in [0.3, 0.4) is 0 Å². The second-order valence-corrected chi connectivity index (χ2v) is 4.25. The van der Waals surface area contributed by atoms with E-state index in [1.807, 2.05) is 26.0 Å². The third kappa shape index (κ3) is 1.95. The van der Waals surface area contributed by atoms with Crippen LogP contribution in [0.4, 0.5) is 5.82 Å². The molecule has 0 aromatic carbocycles. The fourth-order valence-electron chi connectivity index (χ4n) is 1.41. The number of nitrogens with zero attached hydrogens (tertiary/aromatic N) is 2. The van der Waals surface area contributed by atoms with Gasteiger partial charge < -0.3 is 10.2 Å². The molecule has 2 N–H and O–H groups in total. The van der Waals surface area contributed by atoms with E-state index in [1.165, 1.54) is 0 Å². The molecule has 5 heteroatoms. The van der Waals surface area contributed by atoms with Crippen molar-refractivity contribution in [3.05, 3.63) is 28.1 Å². The number of rotatable bonds is 2. The van der Waals surface area contributed by atoms with Crippen molar-refractivity contribution in [2.24, 2.45) is 0 Å². The molecule has 0 fully saturated rings. The quantitative estimate of drug-likeness (QED) is 0.919. The number of nitrogen functional groups attached to an aromatic ring is 1. The summed E-state index contributed by atoms with van der Waals surface area (Å²) in [5.74, 6) is 2.45. The Kier molecular flexibility index (Phi) is 2.96. The molecule has 0 atom stereocenters. The molecule has 0 bridgehead atoms. The molecule has 0 saturated carbocycles. The average molecular weight is 282 g/mol. The molecule has 2 heterocycles. The molecule has 84 valence electrons. The highest BCUT2D eigenvalue weighted by Gasteiger charge is 2.12. The predicted molar refractivity (Wildman–Crippen MR) is 66.0 cm³/mol. The molecular weight excluding hydrogens is 270 g/mol. The van der Waals surface area contributed by atoms with Crippen LogP contribution in [0.25, 0.3) is 11.6 Å². The fourth-order valence-corrected chi connectivity index (χ4v) is 1.87. The molecule has 2 rings (SSSR count). The lowest BCUT2D eigenvalue weighted by molar-refractivity contribution is 0.543. The molecule has 0 aliphatic heterocycles. The summed E-state index contributed by atoms with van der Waals surface area (Å²) in [6.07, 6.45) is 0.792. The minimum absolute atomic E-state index is 0.441. The van der Waals surface area contributed by atoms with Gasteiger partial charge >= 0.3 is 0 Å². The lowest BCUT2D eigenvalue weighted by Crippen LogP contribution is -2.01. The van der Waals surface area contributed by atoms with Gasteiger partial charge in [-0.25, -0.2) is 9.97 Å². The second kappa shape index (κ2) is 4.25. The maximum absolute atomic E-state index is 5.80. The van der Waals surface area contributed by atoms with Crippen molar-refractivity contribution in [2.75, 3.05) is 5.73 Å². The molecule has 0 aliphatic carbocycles. The zero-order valence-corrected chi connectivity index (χ0v) is 10.7. The third-order valence-electron chi connectivity index (χ3n) is 2.24. The Morgan fingerprint density at radius 2 is 2.12 bits per heavy atom. The van der Waals surface area contributed by atoms with Crippen molar-refractivity contribution < 1.29 is 4.42 Å². The van der Waals surface area contributed by atoms with Gasteiger partial charge in [-0.05, 0) is 41.4 Å². The standard InChI is InChI=1S/C11H12BrN3O/c1-3-7-9(12)10(13)15-11(14-7)8-5-4-6(2)16-8/h4-5H,3H2,1-2H3,(H2,13,14,15). The number of aromatic nitrogens is 2. The number of anilines is 1. The van der Waals surface area contributed by atoms with E-state index < -0.39 is 0 Å². The van der Waals surface area contributed by atoms with Crippen molar-refractivity contribution in [2.45, 2.75) is 20.3 Å². The Hall–Kier alpha value is -1.36. The van der Waals surface area contributed by atoms with Gasteiger partial charge in [-0.15, -0.1) is 0 Å². The van der Waals surface area contributed by atoms with E-state index >= 15 is 0 Å². The highest BCUT2D eigenvalue weighted by molar-refractivity contribution is 9.10. The minimum Gasteiger partial charge on any atom is -0.458 e. The van der Waals surface area contributed by atoms with Crippen LogP contribution in [-0.4, -0.2) is 9.97 Å². The number of hydrogen-bond acceptors (Lipinski definition) is 4. The largest absolute Gasteiger partial charge is 0.458 e. The minimum atomic E-state index is 0.441. The van der Waals surface area contributed by atoms with Crippen LogP contribution in [0.1, 0.15) is 18.4 Å². The number of furan rings is 1. The number of hydrogen-bond donors (Lipinski definition) is 1. The predicted octanol–water partition coefficient (Wildman–Crippen LogP) is 2.95. The summed E-state index contributed by atoms with van der Waals surface area (Å²) in [6.45, 7) is 3.90. The molecule has 0 saturated heterocycles. The normalized spacial score (nSPS) is 10.7. The number of nitrogens with two attached hydrogens (primary N) is 1. The van der Waals surface area contributed by atoms with Crippen molar-refractivity contribution in [3.8, 4) is 11.6 Å². The van der Waals surface area contributed by atoms with Gasteiger partial charge in [0.1, 0.15) is 11.6 Å². The lowest BCUT2D eigenvalue weighted by Gasteiger charge is -2.05. The lowest BCUT2D eigenvalue weighted by atomic mass is 10.3. The van der Waals surface area contributed by atoms with Gasteiger partial charge in [0.15, 0.2) is 11.6 Å². The van der Waals surface area contributed by atoms with Gasteiger partial charge in [0, 0.05) is 0 Å². The van der Waals surface area contributed by atoms with Crippen molar-refractivity contribution in [1.29, 1.82) is 0 Å². The van der Waals surface area contributed by atoms with E-state index in [4.69, 9.17) is 10.2 Å². The van der Waals surface area contributed by atoms with E-state index in [1.54, 1.807) is 0 Å². The first-order valence-electron chi connectivity index (χ1n) is 5.00. The highest BCUT2D eigenvalue weighted by atomic mass is 79.9. The zero-order valence-electron chi connectivity index (χ0n) is 9.12. The molecular formula is C11H12BrN3O. The summed E-state index contributed by atoms with van der Waals surface area (Å²) < 4.78 is 6.23. The van der Waals surface area contributed by atoms with Crippen LogP contribution < -0.4 is 5.73 Å². The molecule has 0 aliphatic rings. The molecule has 0 unspecified atom stereocenters. The summed E-state index contributed by atoms with van der Waals surface area (Å²) in [5, 5.41) is 0. The topological polar surface area (TPSA) is 64.9 Å². The first kappa shape index (κ1) is 11.1. The Morgan fingerprint density at radius 1 is 1.38 bits per heavy atom. The van der Waals surface area contributed by atoms with E-state index in [0.29, 0.717) is 17.4 Å². The molecule has 0 spiro atoms. The van der Waals surface area contributed by atoms with Crippen LogP contribution in [-0.2, 0) is 6.42 Å².